The van der Waals surface area contributed by atoms with Crippen molar-refractivity contribution in [1.82, 2.24) is 0 Å². The predicted octanol–water partition coefficient (Wildman–Crippen LogP) is 1.67. The van der Waals surface area contributed by atoms with Crippen molar-refractivity contribution in [3.63, 3.8) is 0 Å². The largest absolute Gasteiger partial charge is 0.498 e. The van der Waals surface area contributed by atoms with E-state index in [1.54, 1.807) is 24.3 Å². The lowest BCUT2D eigenvalue weighted by Crippen LogP contribution is -2.41. The van der Waals surface area contributed by atoms with Gasteiger partial charge in [0.15, 0.2) is 10.8 Å². The lowest BCUT2D eigenvalue weighted by Gasteiger charge is -2.34. The highest BCUT2D eigenvalue weighted by atomic mass is 19.1. The molecule has 0 N–H and O–H groups in total. The van der Waals surface area contributed by atoms with E-state index in [0.717, 1.165) is 0 Å². The van der Waals surface area contributed by atoms with Gasteiger partial charge in [0.2, 0.25) is 0 Å². The zero-order chi connectivity index (χ0) is 13.1. The molecule has 5 nitrogen and oxygen atoms in total. The number of rotatable bonds is 1. The van der Waals surface area contributed by atoms with E-state index in [4.69, 9.17) is 25.8 Å². The van der Waals surface area contributed by atoms with Crippen LogP contribution in [-0.4, -0.2) is 7.11 Å². The van der Waals surface area contributed by atoms with Crippen LogP contribution < -0.4 is 0 Å². The highest BCUT2D eigenvalue weighted by Crippen LogP contribution is 2.51. The smallest absolute Gasteiger partial charge is 0.182 e. The van der Waals surface area contributed by atoms with Gasteiger partial charge in [0.05, 0.1) is 31.4 Å². The summed E-state index contributed by atoms with van der Waals surface area (Å²) >= 11 is 0. The third-order valence-corrected chi connectivity index (χ3v) is 2.89. The van der Waals surface area contributed by atoms with Gasteiger partial charge in [-0.1, -0.05) is 0 Å². The van der Waals surface area contributed by atoms with Crippen LogP contribution >= 0.6 is 0 Å². The molecule has 0 aliphatic heterocycles. The van der Waals surface area contributed by atoms with Gasteiger partial charge in [0.1, 0.15) is 11.6 Å². The third-order valence-electron chi connectivity index (χ3n) is 2.89. The van der Waals surface area contributed by atoms with Gasteiger partial charge in [0.25, 0.3) is 0 Å². The number of hydrogen-bond acceptors (Lipinski definition) is 5. The van der Waals surface area contributed by atoms with E-state index in [0.29, 0.717) is 0 Å². The highest BCUT2D eigenvalue weighted by molar-refractivity contribution is 5.40. The molecule has 6 heteroatoms. The topological polar surface area (TPSA) is 104 Å². The van der Waals surface area contributed by atoms with Crippen LogP contribution in [0.2, 0.25) is 0 Å². The molecule has 0 bridgehead atoms. The molecule has 0 aromatic rings. The normalized spacial score (nSPS) is 20.4. The molecule has 0 unspecified atom stereocenters. The summed E-state index contributed by atoms with van der Waals surface area (Å²) in [7, 11) is 1.21. The summed E-state index contributed by atoms with van der Waals surface area (Å²) in [5.74, 6) is -0.925. The Morgan fingerprint density at radius 3 is 1.76 bits per heavy atom. The SMILES string of the molecule is COC1=C(F)CC(C#N)(C#N)C(C#N)(C#N)C1. The summed E-state index contributed by atoms with van der Waals surface area (Å²) in [5, 5.41) is 36.1. The minimum Gasteiger partial charge on any atom is -0.498 e. The summed E-state index contributed by atoms with van der Waals surface area (Å²) in [6.07, 6.45) is -1.01. The van der Waals surface area contributed by atoms with Gasteiger partial charge in [0, 0.05) is 12.8 Å². The van der Waals surface area contributed by atoms with Crippen LogP contribution in [0.4, 0.5) is 4.39 Å². The second-order valence-corrected chi connectivity index (χ2v) is 3.64. The minimum atomic E-state index is -2.00. The van der Waals surface area contributed by atoms with Crippen LogP contribution in [0.1, 0.15) is 12.8 Å². The predicted molar refractivity (Wildman–Crippen MR) is 51.7 cm³/mol. The average molecular weight is 230 g/mol. The standard InChI is InChI=1S/C11H7FN4O/c1-17-9-3-11(6-15,7-16)10(4-13,5-14)2-8(9)12/h2-3H2,1H3. The lowest BCUT2D eigenvalue weighted by atomic mass is 9.60. The van der Waals surface area contributed by atoms with Crippen LogP contribution in [-0.2, 0) is 4.74 Å². The molecular weight excluding hydrogens is 223 g/mol. The number of nitrogens with zero attached hydrogens (tertiary/aromatic N) is 4. The molecule has 0 saturated carbocycles. The first-order valence-corrected chi connectivity index (χ1v) is 4.61. The molecule has 1 aliphatic rings. The number of nitriles is 4. The molecule has 0 saturated heterocycles. The van der Waals surface area contributed by atoms with Gasteiger partial charge in [-0.3, -0.25) is 0 Å². The summed E-state index contributed by atoms with van der Waals surface area (Å²) < 4.78 is 18.3. The summed E-state index contributed by atoms with van der Waals surface area (Å²) in [4.78, 5) is 0. The van der Waals surface area contributed by atoms with Gasteiger partial charge in [-0.2, -0.15) is 21.0 Å². The fourth-order valence-electron chi connectivity index (χ4n) is 1.74. The minimum absolute atomic E-state index is 0.158. The van der Waals surface area contributed by atoms with Gasteiger partial charge in [-0.15, -0.1) is 0 Å². The van der Waals surface area contributed by atoms with Crippen molar-refractivity contribution in [3.8, 4) is 24.3 Å². The van der Waals surface area contributed by atoms with Gasteiger partial charge < -0.3 is 4.74 Å². The Bertz CT molecular complexity index is 510. The van der Waals surface area contributed by atoms with E-state index in [1.165, 1.54) is 7.11 Å². The van der Waals surface area contributed by atoms with Crippen molar-refractivity contribution in [2.45, 2.75) is 12.8 Å². The van der Waals surface area contributed by atoms with Crippen LogP contribution in [0.15, 0.2) is 11.6 Å². The molecule has 84 valence electrons. The maximum atomic E-state index is 13.6. The maximum Gasteiger partial charge on any atom is 0.182 e. The molecule has 0 radical (unpaired) electrons. The number of ether oxygens (including phenoxy) is 1. The van der Waals surface area contributed by atoms with Crippen molar-refractivity contribution >= 4 is 0 Å². The summed E-state index contributed by atoms with van der Waals surface area (Å²) in [6, 6.07) is 6.51. The van der Waals surface area contributed by atoms with Crippen molar-refractivity contribution in [3.05, 3.63) is 11.6 Å². The van der Waals surface area contributed by atoms with Gasteiger partial charge in [-0.05, 0) is 0 Å². The Balaban J connectivity index is 3.51. The third kappa shape index (κ3) is 1.48. The van der Waals surface area contributed by atoms with Crippen LogP contribution in [0.3, 0.4) is 0 Å². The molecule has 1 rings (SSSR count). The molecular formula is C11H7FN4O. The molecule has 0 atom stereocenters. The average Bonchev–Trinajstić information content (AvgIpc) is 2.38. The number of methoxy groups -OCH3 is 1. The van der Waals surface area contributed by atoms with E-state index >= 15 is 0 Å². The first-order valence-electron chi connectivity index (χ1n) is 4.61. The summed E-state index contributed by atoms with van der Waals surface area (Å²) in [6.45, 7) is 0. The molecule has 0 aromatic carbocycles. The molecule has 0 aromatic heterocycles. The zero-order valence-electron chi connectivity index (χ0n) is 8.99. The van der Waals surface area contributed by atoms with Gasteiger partial charge >= 0.3 is 0 Å². The second kappa shape index (κ2) is 4.12. The number of hydrogen-bond donors (Lipinski definition) is 0. The van der Waals surface area contributed by atoms with E-state index in [2.05, 4.69) is 0 Å². The monoisotopic (exact) mass is 230 g/mol. The van der Waals surface area contributed by atoms with Gasteiger partial charge in [-0.25, -0.2) is 4.39 Å². The van der Waals surface area contributed by atoms with E-state index in [9.17, 15) is 4.39 Å². The van der Waals surface area contributed by atoms with E-state index < -0.39 is 29.5 Å². The Morgan fingerprint density at radius 2 is 1.41 bits per heavy atom. The molecule has 0 heterocycles. The fourth-order valence-corrected chi connectivity index (χ4v) is 1.74. The van der Waals surface area contributed by atoms with Crippen molar-refractivity contribution < 1.29 is 9.13 Å². The maximum absolute atomic E-state index is 13.6. The quantitative estimate of drug-likeness (QED) is 0.681. The Hall–Kier alpha value is -2.57. The molecule has 0 fully saturated rings. The highest BCUT2D eigenvalue weighted by Gasteiger charge is 2.59. The Morgan fingerprint density at radius 1 is 1.00 bits per heavy atom. The zero-order valence-corrected chi connectivity index (χ0v) is 8.99. The lowest BCUT2D eigenvalue weighted by molar-refractivity contribution is 0.165. The Labute approximate surface area is 97.5 Å². The number of halogens is 1. The molecule has 0 spiro atoms. The van der Waals surface area contributed by atoms with Crippen LogP contribution in [0.5, 0.6) is 0 Å². The first kappa shape index (κ1) is 12.5. The second-order valence-electron chi connectivity index (χ2n) is 3.64. The molecule has 17 heavy (non-hydrogen) atoms. The van der Waals surface area contributed by atoms with Crippen LogP contribution in [0.25, 0.3) is 0 Å². The molecule has 1 aliphatic carbocycles. The first-order chi connectivity index (χ1) is 8.04. The Kier molecular flexibility index (Phi) is 3.03. The van der Waals surface area contributed by atoms with Crippen LogP contribution in [0, 0.1) is 56.2 Å². The molecule has 0 amide bonds. The van der Waals surface area contributed by atoms with Crippen molar-refractivity contribution in [2.75, 3.05) is 7.11 Å². The van der Waals surface area contributed by atoms with Crippen molar-refractivity contribution in [2.24, 2.45) is 10.8 Å². The van der Waals surface area contributed by atoms with E-state index in [1.807, 2.05) is 0 Å². The van der Waals surface area contributed by atoms with E-state index in [-0.39, 0.29) is 5.76 Å². The van der Waals surface area contributed by atoms with Crippen molar-refractivity contribution in [1.29, 1.82) is 21.0 Å². The fraction of sp³-hybridized carbons (Fsp3) is 0.455. The number of allylic oxidation sites excluding steroid dienone is 2. The summed E-state index contributed by atoms with van der Waals surface area (Å²) in [5.41, 5.74) is -3.90.